The van der Waals surface area contributed by atoms with Crippen LogP contribution in [0.5, 0.6) is 0 Å². The third-order valence-electron chi connectivity index (χ3n) is 2.94. The normalized spacial score (nSPS) is 17.9. The number of nitrogens with two attached hydrogens (primary N) is 1. The van der Waals surface area contributed by atoms with Gasteiger partial charge >= 0.3 is 0 Å². The lowest BCUT2D eigenvalue weighted by molar-refractivity contribution is 0.477. The summed E-state index contributed by atoms with van der Waals surface area (Å²) >= 11 is 1.88. The highest BCUT2D eigenvalue weighted by Gasteiger charge is 2.32. The summed E-state index contributed by atoms with van der Waals surface area (Å²) in [6.07, 6.45) is 5.12. The first-order valence-corrected chi connectivity index (χ1v) is 6.76. The van der Waals surface area contributed by atoms with Crippen molar-refractivity contribution in [3.8, 4) is 0 Å². The zero-order valence-corrected chi connectivity index (χ0v) is 9.93. The summed E-state index contributed by atoms with van der Waals surface area (Å²) in [7, 11) is 0. The fourth-order valence-corrected chi connectivity index (χ4v) is 2.82. The quantitative estimate of drug-likeness (QED) is 0.698. The Bertz CT molecular complexity index is 267. The van der Waals surface area contributed by atoms with E-state index in [1.54, 1.807) is 0 Å². The molecule has 1 atom stereocenters. The Hall–Kier alpha value is -0.380. The molecule has 1 aliphatic rings. The van der Waals surface area contributed by atoms with Crippen molar-refractivity contribution in [1.29, 1.82) is 0 Å². The summed E-state index contributed by atoms with van der Waals surface area (Å²) in [4.78, 5) is 1.50. The monoisotopic (exact) mass is 224 g/mol. The van der Waals surface area contributed by atoms with Crippen molar-refractivity contribution in [3.63, 3.8) is 0 Å². The summed E-state index contributed by atoms with van der Waals surface area (Å²) < 4.78 is 0. The highest BCUT2D eigenvalue weighted by molar-refractivity contribution is 7.10. The maximum atomic E-state index is 5.49. The fraction of sp³-hybridized carbons (Fsp3) is 0.667. The second-order valence-corrected chi connectivity index (χ2v) is 5.26. The van der Waals surface area contributed by atoms with Crippen LogP contribution in [0.25, 0.3) is 0 Å². The molecule has 0 aromatic carbocycles. The minimum Gasteiger partial charge on any atom is -0.330 e. The van der Waals surface area contributed by atoms with Gasteiger partial charge in [-0.3, -0.25) is 0 Å². The molecule has 2 nitrogen and oxygen atoms in total. The van der Waals surface area contributed by atoms with Gasteiger partial charge in [-0.2, -0.15) is 0 Å². The first kappa shape index (κ1) is 11.1. The van der Waals surface area contributed by atoms with Gasteiger partial charge in [-0.15, -0.1) is 11.3 Å². The third-order valence-corrected chi connectivity index (χ3v) is 3.89. The van der Waals surface area contributed by atoms with Crippen LogP contribution in [0, 0.1) is 5.92 Å². The maximum absolute atomic E-state index is 5.49. The van der Waals surface area contributed by atoms with Crippen LogP contribution in [0.4, 0.5) is 0 Å². The maximum Gasteiger partial charge on any atom is 0.0443 e. The van der Waals surface area contributed by atoms with Gasteiger partial charge in [0.25, 0.3) is 0 Å². The Morgan fingerprint density at radius 2 is 2.33 bits per heavy atom. The van der Waals surface area contributed by atoms with Crippen molar-refractivity contribution in [1.82, 2.24) is 5.32 Å². The molecule has 0 spiro atoms. The number of thiophene rings is 1. The second kappa shape index (κ2) is 5.64. The van der Waals surface area contributed by atoms with E-state index in [1.165, 1.54) is 24.1 Å². The molecule has 3 heteroatoms. The van der Waals surface area contributed by atoms with Gasteiger partial charge in [-0.25, -0.2) is 0 Å². The van der Waals surface area contributed by atoms with E-state index in [1.807, 2.05) is 11.3 Å². The average Bonchev–Trinajstić information content (AvgIpc) is 2.93. The Balaban J connectivity index is 1.79. The minimum atomic E-state index is 0.614. The molecule has 84 valence electrons. The van der Waals surface area contributed by atoms with E-state index in [0.29, 0.717) is 6.04 Å². The summed E-state index contributed by atoms with van der Waals surface area (Å²) in [5.41, 5.74) is 5.49. The third kappa shape index (κ3) is 3.30. The van der Waals surface area contributed by atoms with E-state index in [4.69, 9.17) is 5.73 Å². The fourth-order valence-electron chi connectivity index (χ4n) is 1.92. The van der Waals surface area contributed by atoms with Crippen molar-refractivity contribution in [2.75, 3.05) is 13.1 Å². The molecule has 0 aliphatic heterocycles. The zero-order valence-electron chi connectivity index (χ0n) is 9.11. The molecule has 2 rings (SSSR count). The molecule has 3 N–H and O–H groups in total. The Morgan fingerprint density at radius 1 is 1.47 bits per heavy atom. The zero-order chi connectivity index (χ0) is 10.5. The van der Waals surface area contributed by atoms with E-state index in [0.717, 1.165) is 25.4 Å². The lowest BCUT2D eigenvalue weighted by Gasteiger charge is -2.16. The number of rotatable bonds is 7. The van der Waals surface area contributed by atoms with Crippen molar-refractivity contribution in [2.24, 2.45) is 11.7 Å². The van der Waals surface area contributed by atoms with Crippen molar-refractivity contribution >= 4 is 11.3 Å². The largest absolute Gasteiger partial charge is 0.330 e. The molecule has 1 aliphatic carbocycles. The second-order valence-electron chi connectivity index (χ2n) is 4.28. The smallest absolute Gasteiger partial charge is 0.0443 e. The van der Waals surface area contributed by atoms with Gasteiger partial charge in [0.15, 0.2) is 0 Å². The van der Waals surface area contributed by atoms with Crippen LogP contribution in [0.15, 0.2) is 17.5 Å². The van der Waals surface area contributed by atoms with Crippen LogP contribution >= 0.6 is 11.3 Å². The lowest BCUT2D eigenvalue weighted by Crippen LogP contribution is -2.23. The van der Waals surface area contributed by atoms with Gasteiger partial charge in [0.05, 0.1) is 0 Å². The van der Waals surface area contributed by atoms with Crippen molar-refractivity contribution in [2.45, 2.75) is 31.7 Å². The number of hydrogen-bond acceptors (Lipinski definition) is 3. The number of nitrogens with one attached hydrogen (secondary N) is 1. The van der Waals surface area contributed by atoms with Gasteiger partial charge in [-0.1, -0.05) is 6.07 Å². The van der Waals surface area contributed by atoms with Crippen LogP contribution in [-0.4, -0.2) is 13.1 Å². The topological polar surface area (TPSA) is 38.0 Å². The Labute approximate surface area is 95.9 Å². The standard InChI is InChI=1S/C12H20N2S/c13-7-1-2-8-14-12(10-5-6-10)11-4-3-9-15-11/h3-4,9-10,12,14H,1-2,5-8,13H2. The highest BCUT2D eigenvalue weighted by Crippen LogP contribution is 2.42. The number of hydrogen-bond donors (Lipinski definition) is 2. The first-order chi connectivity index (χ1) is 7.42. The average molecular weight is 224 g/mol. The van der Waals surface area contributed by atoms with Gasteiger partial charge in [0.1, 0.15) is 0 Å². The highest BCUT2D eigenvalue weighted by atomic mass is 32.1. The Kier molecular flexibility index (Phi) is 4.18. The molecule has 0 bridgehead atoms. The first-order valence-electron chi connectivity index (χ1n) is 5.88. The summed E-state index contributed by atoms with van der Waals surface area (Å²) in [6, 6.07) is 5.02. The minimum absolute atomic E-state index is 0.614. The predicted octanol–water partition coefficient (Wildman–Crippen LogP) is 2.53. The molecule has 1 heterocycles. The van der Waals surface area contributed by atoms with E-state index >= 15 is 0 Å². The predicted molar refractivity (Wildman–Crippen MR) is 66.1 cm³/mol. The van der Waals surface area contributed by atoms with Crippen LogP contribution in [-0.2, 0) is 0 Å². The van der Waals surface area contributed by atoms with E-state index < -0.39 is 0 Å². The van der Waals surface area contributed by atoms with E-state index in [2.05, 4.69) is 22.8 Å². The van der Waals surface area contributed by atoms with Crippen LogP contribution in [0.1, 0.15) is 36.6 Å². The molecule has 0 radical (unpaired) electrons. The molecular weight excluding hydrogens is 204 g/mol. The van der Waals surface area contributed by atoms with Crippen molar-refractivity contribution in [3.05, 3.63) is 22.4 Å². The number of unbranched alkanes of at least 4 members (excludes halogenated alkanes) is 1. The SMILES string of the molecule is NCCCCNC(c1cccs1)C1CC1. The van der Waals surface area contributed by atoms with Crippen molar-refractivity contribution < 1.29 is 0 Å². The summed E-state index contributed by atoms with van der Waals surface area (Å²) in [5.74, 6) is 0.890. The molecule has 1 saturated carbocycles. The molecule has 0 amide bonds. The molecule has 0 saturated heterocycles. The van der Waals surface area contributed by atoms with Gasteiger partial charge in [-0.05, 0) is 56.1 Å². The van der Waals surface area contributed by atoms with Crippen LogP contribution in [0.2, 0.25) is 0 Å². The van der Waals surface area contributed by atoms with E-state index in [-0.39, 0.29) is 0 Å². The summed E-state index contributed by atoms with van der Waals surface area (Å²) in [6.45, 7) is 1.92. The molecule has 1 fully saturated rings. The van der Waals surface area contributed by atoms with E-state index in [9.17, 15) is 0 Å². The van der Waals surface area contributed by atoms with Gasteiger partial charge in [0.2, 0.25) is 0 Å². The Morgan fingerprint density at radius 3 is 2.93 bits per heavy atom. The molecule has 1 aromatic heterocycles. The van der Waals surface area contributed by atoms with Crippen LogP contribution in [0.3, 0.4) is 0 Å². The molecular formula is C12H20N2S. The van der Waals surface area contributed by atoms with Gasteiger partial charge in [0, 0.05) is 10.9 Å². The molecule has 1 aromatic rings. The molecule has 15 heavy (non-hydrogen) atoms. The van der Waals surface area contributed by atoms with Crippen LogP contribution < -0.4 is 11.1 Å². The summed E-state index contributed by atoms with van der Waals surface area (Å²) in [5, 5.41) is 5.85. The van der Waals surface area contributed by atoms with Gasteiger partial charge < -0.3 is 11.1 Å². The molecule has 1 unspecified atom stereocenters. The lowest BCUT2D eigenvalue weighted by atomic mass is 10.1.